The van der Waals surface area contributed by atoms with Crippen LogP contribution in [0.1, 0.15) is 13.3 Å². The van der Waals surface area contributed by atoms with Crippen molar-refractivity contribution in [1.29, 1.82) is 0 Å². The van der Waals surface area contributed by atoms with Crippen molar-refractivity contribution in [3.63, 3.8) is 0 Å². The third-order valence-corrected chi connectivity index (χ3v) is 44.2. The van der Waals surface area contributed by atoms with Gasteiger partial charge < -0.3 is 8.85 Å². The maximum absolute atomic E-state index is 11.9. The predicted molar refractivity (Wildman–Crippen MR) is 107 cm³/mol. The largest absolute Gasteiger partial charge is 0.461 e. The van der Waals surface area contributed by atoms with Crippen molar-refractivity contribution in [2.24, 2.45) is 0 Å². The molecule has 130 valence electrons. The lowest BCUT2D eigenvalue weighted by molar-refractivity contribution is -0.140. The molecule has 0 bridgehead atoms. The lowest BCUT2D eigenvalue weighted by Crippen LogP contribution is -2.81. The molecule has 0 aliphatic rings. The van der Waals surface area contributed by atoms with Crippen molar-refractivity contribution in [3.05, 3.63) is 12.7 Å². The molecule has 0 spiro atoms. The first-order chi connectivity index (χ1) is 9.62. The molecule has 0 saturated carbocycles. The Hall–Kier alpha value is 0.0375. The van der Waals surface area contributed by atoms with Crippen LogP contribution in [-0.4, -0.2) is 42.5 Å². The van der Waals surface area contributed by atoms with Gasteiger partial charge in [0.05, 0.1) is 15.2 Å². The van der Waals surface area contributed by atoms with Gasteiger partial charge in [0, 0.05) is 6.08 Å². The SMILES string of the molecule is C=CC(=O)OC(CC)[Si](O[Si](C)(C)C)([Si](C)(C)C)[Si](C)(C)C. The van der Waals surface area contributed by atoms with Crippen molar-refractivity contribution >= 4 is 36.8 Å². The molecular formula is C15H36O3Si4. The first-order valence-corrected chi connectivity index (χ1v) is 22.5. The van der Waals surface area contributed by atoms with E-state index in [4.69, 9.17) is 8.85 Å². The average Bonchev–Trinajstić information content (AvgIpc) is 2.28. The van der Waals surface area contributed by atoms with Crippen LogP contribution in [0.4, 0.5) is 0 Å². The molecule has 1 atom stereocenters. The second-order valence-corrected chi connectivity index (χ2v) is 40.1. The molecule has 3 nitrogen and oxygen atoms in total. The smallest absolute Gasteiger partial charge is 0.330 e. The van der Waals surface area contributed by atoms with E-state index >= 15 is 0 Å². The highest BCUT2D eigenvalue weighted by Gasteiger charge is 2.63. The van der Waals surface area contributed by atoms with Gasteiger partial charge in [0.15, 0.2) is 15.7 Å². The van der Waals surface area contributed by atoms with Gasteiger partial charge in [-0.05, 0) is 26.1 Å². The summed E-state index contributed by atoms with van der Waals surface area (Å²) in [4.78, 5) is 11.9. The summed E-state index contributed by atoms with van der Waals surface area (Å²) >= 11 is 0. The van der Waals surface area contributed by atoms with Crippen molar-refractivity contribution < 1.29 is 13.6 Å². The molecule has 0 aliphatic heterocycles. The van der Waals surface area contributed by atoms with Crippen LogP contribution >= 0.6 is 0 Å². The Labute approximate surface area is 141 Å². The molecule has 0 heterocycles. The molecular weight excluding hydrogens is 341 g/mol. The van der Waals surface area contributed by atoms with E-state index in [1.165, 1.54) is 6.08 Å². The fraction of sp³-hybridized carbons (Fsp3) is 0.800. The van der Waals surface area contributed by atoms with Gasteiger partial charge in [-0.25, -0.2) is 4.79 Å². The summed E-state index contributed by atoms with van der Waals surface area (Å²) in [6.45, 7) is 26.9. The molecule has 7 heteroatoms. The molecule has 0 saturated heterocycles. The van der Waals surface area contributed by atoms with Crippen LogP contribution in [0, 0.1) is 0 Å². The van der Waals surface area contributed by atoms with E-state index in [1.807, 2.05) is 0 Å². The first kappa shape index (κ1) is 22.0. The van der Waals surface area contributed by atoms with E-state index in [1.54, 1.807) is 0 Å². The Morgan fingerprint density at radius 3 is 1.64 bits per heavy atom. The van der Waals surface area contributed by atoms with E-state index < -0.39 is 30.9 Å². The maximum atomic E-state index is 11.9. The average molecular weight is 377 g/mol. The molecule has 0 N–H and O–H groups in total. The minimum Gasteiger partial charge on any atom is -0.461 e. The number of carbonyl (C=O) groups is 1. The fourth-order valence-corrected chi connectivity index (χ4v) is 60.9. The fourth-order valence-electron chi connectivity index (χ4n) is 3.59. The highest BCUT2D eigenvalue weighted by molar-refractivity contribution is 7.67. The zero-order valence-corrected chi connectivity index (χ0v) is 20.3. The molecule has 22 heavy (non-hydrogen) atoms. The van der Waals surface area contributed by atoms with Crippen molar-refractivity contribution in [2.75, 3.05) is 0 Å². The molecule has 0 aromatic carbocycles. The predicted octanol–water partition coefficient (Wildman–Crippen LogP) is 4.66. The number of hydrogen-bond donors (Lipinski definition) is 0. The quantitative estimate of drug-likeness (QED) is 0.351. The Balaban J connectivity index is 6.24. The highest BCUT2D eigenvalue weighted by Crippen LogP contribution is 2.38. The van der Waals surface area contributed by atoms with Gasteiger partial charge in [-0.3, -0.25) is 0 Å². The maximum Gasteiger partial charge on any atom is 0.330 e. The summed E-state index contributed by atoms with van der Waals surface area (Å²) in [6.07, 6.45) is 2.12. The topological polar surface area (TPSA) is 35.5 Å². The van der Waals surface area contributed by atoms with Gasteiger partial charge in [0.25, 0.3) is 0 Å². The Kier molecular flexibility index (Phi) is 7.30. The lowest BCUT2D eigenvalue weighted by atomic mass is 10.5. The van der Waals surface area contributed by atoms with E-state index in [0.29, 0.717) is 0 Å². The molecule has 0 radical (unpaired) electrons. The molecule has 0 amide bonds. The molecule has 0 aromatic rings. The summed E-state index contributed by atoms with van der Waals surface area (Å²) in [7, 11) is -7.22. The molecule has 0 fully saturated rings. The van der Waals surface area contributed by atoms with Gasteiger partial charge in [0.1, 0.15) is 5.73 Å². The van der Waals surface area contributed by atoms with E-state index in [-0.39, 0.29) is 11.7 Å². The van der Waals surface area contributed by atoms with E-state index in [2.05, 4.69) is 72.4 Å². The number of carbonyl (C=O) groups excluding carboxylic acids is 1. The summed E-state index contributed by atoms with van der Waals surface area (Å²) in [6, 6.07) is 0. The second kappa shape index (κ2) is 7.29. The number of rotatable bonds is 8. The molecule has 0 aromatic heterocycles. The first-order valence-electron chi connectivity index (χ1n) is 8.15. The number of hydrogen-bond acceptors (Lipinski definition) is 3. The van der Waals surface area contributed by atoms with Gasteiger partial charge in [0.2, 0.25) is 0 Å². The van der Waals surface area contributed by atoms with Gasteiger partial charge in [-0.15, -0.1) is 0 Å². The van der Waals surface area contributed by atoms with Crippen LogP contribution in [0.25, 0.3) is 0 Å². The lowest BCUT2D eigenvalue weighted by Gasteiger charge is -2.55. The monoisotopic (exact) mass is 376 g/mol. The summed E-state index contributed by atoms with van der Waals surface area (Å²) in [5.74, 6) is -0.306. The Morgan fingerprint density at radius 1 is 1.00 bits per heavy atom. The van der Waals surface area contributed by atoms with Crippen LogP contribution in [0.5, 0.6) is 0 Å². The van der Waals surface area contributed by atoms with Gasteiger partial charge >= 0.3 is 5.97 Å². The van der Waals surface area contributed by atoms with Crippen molar-refractivity contribution in [3.8, 4) is 0 Å². The standard InChI is InChI=1S/C15H36O3Si4/c1-12-14(16)17-15(13-2)22(20(6,7)8,21(9,10)11)18-19(3,4)5/h12,15H,1,13H2,2-11H3. The zero-order chi connectivity index (χ0) is 18.0. The molecule has 0 rings (SSSR count). The Bertz CT molecular complexity index is 388. The van der Waals surface area contributed by atoms with Crippen LogP contribution < -0.4 is 0 Å². The van der Waals surface area contributed by atoms with Gasteiger partial charge in [-0.1, -0.05) is 52.8 Å². The minimum atomic E-state index is -2.19. The van der Waals surface area contributed by atoms with Crippen molar-refractivity contribution in [2.45, 2.75) is 78.0 Å². The third kappa shape index (κ3) is 5.02. The number of esters is 1. The molecule has 0 aliphatic carbocycles. The number of ether oxygens (including phenoxy) is 1. The van der Waals surface area contributed by atoms with Crippen molar-refractivity contribution in [1.82, 2.24) is 0 Å². The van der Waals surface area contributed by atoms with E-state index in [0.717, 1.165) is 6.42 Å². The zero-order valence-electron chi connectivity index (χ0n) is 16.3. The normalized spacial score (nSPS) is 15.4. The van der Waals surface area contributed by atoms with Gasteiger partial charge in [-0.2, -0.15) is 0 Å². The highest BCUT2D eigenvalue weighted by atomic mass is 29.7. The second-order valence-electron chi connectivity index (χ2n) is 8.99. The third-order valence-electron chi connectivity index (χ3n) is 3.94. The van der Waals surface area contributed by atoms with E-state index in [9.17, 15) is 4.79 Å². The van der Waals surface area contributed by atoms with Crippen LogP contribution in [0.2, 0.25) is 58.9 Å². The summed E-state index contributed by atoms with van der Waals surface area (Å²) in [5, 5.41) is 0. The summed E-state index contributed by atoms with van der Waals surface area (Å²) in [5.41, 5.74) is -0.0527. The molecule has 1 unspecified atom stereocenters. The van der Waals surface area contributed by atoms with Crippen LogP contribution in [0.3, 0.4) is 0 Å². The Morgan fingerprint density at radius 2 is 1.41 bits per heavy atom. The minimum absolute atomic E-state index is 0.0527. The van der Waals surface area contributed by atoms with Crippen LogP contribution in [-0.2, 0) is 13.6 Å². The van der Waals surface area contributed by atoms with Crippen LogP contribution in [0.15, 0.2) is 12.7 Å². The summed E-state index contributed by atoms with van der Waals surface area (Å²) < 4.78 is 12.9.